The lowest BCUT2D eigenvalue weighted by Gasteiger charge is -2.08. The maximum Gasteiger partial charge on any atom is 0.308 e. The molecule has 1 aromatic rings. The van der Waals surface area contributed by atoms with Crippen molar-refractivity contribution in [1.29, 1.82) is 0 Å². The van der Waals surface area contributed by atoms with Crippen LogP contribution in [0.4, 0.5) is 0 Å². The van der Waals surface area contributed by atoms with E-state index in [4.69, 9.17) is 28.4 Å². The zero-order valence-electron chi connectivity index (χ0n) is 16.9. The second-order valence-corrected chi connectivity index (χ2v) is 5.96. The Bertz CT molecular complexity index is 467. The van der Waals surface area contributed by atoms with Crippen molar-refractivity contribution in [3.63, 3.8) is 0 Å². The fourth-order valence-electron chi connectivity index (χ4n) is 2.09. The first-order valence-electron chi connectivity index (χ1n) is 9.91. The molecular weight excluding hydrogens is 364 g/mol. The molecule has 0 bridgehead atoms. The summed E-state index contributed by atoms with van der Waals surface area (Å²) < 4.78 is 32.0. The predicted molar refractivity (Wildman–Crippen MR) is 105 cm³/mol. The summed E-state index contributed by atoms with van der Waals surface area (Å²) in [6.07, 6.45) is 1.26. The molecule has 0 amide bonds. The summed E-state index contributed by atoms with van der Waals surface area (Å²) in [5.41, 5.74) is 0.972. The summed E-state index contributed by atoms with van der Waals surface area (Å²) in [6, 6.07) is 9.59. The Morgan fingerprint density at radius 3 is 1.64 bits per heavy atom. The molecule has 0 aliphatic heterocycles. The molecule has 7 heteroatoms. The Hall–Kier alpha value is -1.51. The van der Waals surface area contributed by atoms with Gasteiger partial charge in [-0.2, -0.15) is 0 Å². The molecular formula is C21H34O7. The van der Waals surface area contributed by atoms with Crippen LogP contribution < -0.4 is 0 Å². The van der Waals surface area contributed by atoms with E-state index in [-0.39, 0.29) is 12.4 Å². The van der Waals surface area contributed by atoms with E-state index in [2.05, 4.69) is 6.92 Å². The van der Waals surface area contributed by atoms with Crippen LogP contribution in [0.25, 0.3) is 0 Å². The van der Waals surface area contributed by atoms with Crippen molar-refractivity contribution in [3.8, 4) is 0 Å². The van der Waals surface area contributed by atoms with Crippen LogP contribution in [0.1, 0.15) is 25.3 Å². The normalized spacial score (nSPS) is 10.9. The summed E-state index contributed by atoms with van der Waals surface area (Å²) in [5, 5.41) is 0. The molecule has 0 aliphatic carbocycles. The number of benzene rings is 1. The van der Waals surface area contributed by atoms with E-state index in [9.17, 15) is 4.79 Å². The fraction of sp³-hybridized carbons (Fsp3) is 0.667. The van der Waals surface area contributed by atoms with E-state index in [0.717, 1.165) is 18.6 Å². The molecule has 0 aliphatic rings. The third kappa shape index (κ3) is 15.5. The number of hydrogen-bond donors (Lipinski definition) is 0. The molecule has 0 radical (unpaired) electrons. The highest BCUT2D eigenvalue weighted by Crippen LogP contribution is 2.01. The predicted octanol–water partition coefficient (Wildman–Crippen LogP) is 2.61. The van der Waals surface area contributed by atoms with Gasteiger partial charge in [0.15, 0.2) is 0 Å². The van der Waals surface area contributed by atoms with Crippen molar-refractivity contribution in [2.24, 2.45) is 0 Å². The van der Waals surface area contributed by atoms with Gasteiger partial charge in [-0.3, -0.25) is 4.79 Å². The topological polar surface area (TPSA) is 72.5 Å². The second kappa shape index (κ2) is 18.8. The average Bonchev–Trinajstić information content (AvgIpc) is 2.72. The van der Waals surface area contributed by atoms with Gasteiger partial charge in [0.2, 0.25) is 0 Å². The molecule has 0 saturated heterocycles. The molecule has 1 aromatic carbocycles. The van der Waals surface area contributed by atoms with Crippen LogP contribution in [0.3, 0.4) is 0 Å². The molecule has 0 saturated carbocycles. The first-order chi connectivity index (χ1) is 13.8. The largest absolute Gasteiger partial charge is 0.461 e. The van der Waals surface area contributed by atoms with E-state index in [0.29, 0.717) is 66.1 Å². The molecule has 0 unspecified atom stereocenters. The van der Waals surface area contributed by atoms with E-state index in [1.807, 2.05) is 30.3 Å². The van der Waals surface area contributed by atoms with Gasteiger partial charge in [0, 0.05) is 6.61 Å². The molecule has 0 spiro atoms. The zero-order valence-corrected chi connectivity index (χ0v) is 16.9. The Kier molecular flexibility index (Phi) is 16.5. The van der Waals surface area contributed by atoms with Crippen molar-refractivity contribution >= 4 is 5.97 Å². The first-order valence-corrected chi connectivity index (χ1v) is 9.91. The van der Waals surface area contributed by atoms with Crippen molar-refractivity contribution < 1.29 is 33.2 Å². The van der Waals surface area contributed by atoms with Crippen LogP contribution in [0, 0.1) is 0 Å². The smallest absolute Gasteiger partial charge is 0.308 e. The molecule has 0 heterocycles. The maximum absolute atomic E-state index is 11.6. The molecule has 1 rings (SSSR count). The van der Waals surface area contributed by atoms with Gasteiger partial charge in [-0.05, 0) is 12.0 Å². The summed E-state index contributed by atoms with van der Waals surface area (Å²) >= 11 is 0. The minimum absolute atomic E-state index is 0.236. The highest BCUT2D eigenvalue weighted by molar-refractivity contribution is 5.69. The minimum atomic E-state index is -0.266. The summed E-state index contributed by atoms with van der Waals surface area (Å²) in [7, 11) is 0. The quantitative estimate of drug-likeness (QED) is 0.262. The van der Waals surface area contributed by atoms with Gasteiger partial charge in [-0.25, -0.2) is 0 Å². The first kappa shape index (κ1) is 24.5. The minimum Gasteiger partial charge on any atom is -0.461 e. The van der Waals surface area contributed by atoms with Crippen molar-refractivity contribution in [1.82, 2.24) is 0 Å². The molecule has 28 heavy (non-hydrogen) atoms. The number of rotatable bonds is 19. The van der Waals surface area contributed by atoms with Crippen molar-refractivity contribution in [2.75, 3.05) is 66.1 Å². The van der Waals surface area contributed by atoms with Gasteiger partial charge in [0.25, 0.3) is 0 Å². The fourth-order valence-corrected chi connectivity index (χ4v) is 2.09. The Balaban J connectivity index is 1.75. The molecule has 160 valence electrons. The van der Waals surface area contributed by atoms with Crippen LogP contribution in [0.15, 0.2) is 30.3 Å². The molecule has 0 aromatic heterocycles. The van der Waals surface area contributed by atoms with Crippen LogP contribution in [-0.4, -0.2) is 72.0 Å². The lowest BCUT2D eigenvalue weighted by Crippen LogP contribution is -2.14. The number of carbonyl (C=O) groups is 1. The highest BCUT2D eigenvalue weighted by Gasteiger charge is 2.03. The number of hydrogen-bond acceptors (Lipinski definition) is 7. The Morgan fingerprint density at radius 1 is 0.679 bits per heavy atom. The van der Waals surface area contributed by atoms with Crippen LogP contribution in [-0.2, 0) is 39.8 Å². The highest BCUT2D eigenvalue weighted by atomic mass is 16.6. The summed E-state index contributed by atoms with van der Waals surface area (Å²) in [5.74, 6) is -0.266. The van der Waals surface area contributed by atoms with Crippen LogP contribution in [0.5, 0.6) is 0 Å². The van der Waals surface area contributed by atoms with Gasteiger partial charge in [0.1, 0.15) is 6.61 Å². The number of carbonyl (C=O) groups excluding carboxylic acids is 1. The van der Waals surface area contributed by atoms with Gasteiger partial charge < -0.3 is 28.4 Å². The average molecular weight is 398 g/mol. The second-order valence-electron chi connectivity index (χ2n) is 5.96. The molecule has 7 nitrogen and oxygen atoms in total. The lowest BCUT2D eigenvalue weighted by molar-refractivity contribution is -0.146. The van der Waals surface area contributed by atoms with E-state index in [1.165, 1.54) is 0 Å². The van der Waals surface area contributed by atoms with Crippen LogP contribution >= 0.6 is 0 Å². The Morgan fingerprint density at radius 2 is 1.14 bits per heavy atom. The van der Waals surface area contributed by atoms with Gasteiger partial charge in [-0.15, -0.1) is 0 Å². The van der Waals surface area contributed by atoms with Gasteiger partial charge in [0.05, 0.1) is 65.9 Å². The third-order valence-corrected chi connectivity index (χ3v) is 3.53. The van der Waals surface area contributed by atoms with Crippen molar-refractivity contribution in [3.05, 3.63) is 35.9 Å². The third-order valence-electron chi connectivity index (χ3n) is 3.53. The molecule has 0 atom stereocenters. The monoisotopic (exact) mass is 398 g/mol. The SMILES string of the molecule is CCCOCCOCCOCCOCCOCCC(=O)OCc1ccccc1. The standard InChI is InChI=1S/C21H34O7/c1-2-9-23-11-13-25-15-17-27-18-16-26-14-12-24-10-8-21(22)28-19-20-6-4-3-5-7-20/h3-7H,2,8-19H2,1H3. The molecule has 0 N–H and O–H groups in total. The molecule has 0 fully saturated rings. The summed E-state index contributed by atoms with van der Waals surface area (Å²) in [6.45, 7) is 7.71. The van der Waals surface area contributed by atoms with Crippen molar-refractivity contribution in [2.45, 2.75) is 26.4 Å². The number of ether oxygens (including phenoxy) is 6. The van der Waals surface area contributed by atoms with E-state index in [1.54, 1.807) is 0 Å². The summed E-state index contributed by atoms with van der Waals surface area (Å²) in [4.78, 5) is 11.6. The van der Waals surface area contributed by atoms with E-state index < -0.39 is 0 Å². The van der Waals surface area contributed by atoms with Crippen LogP contribution in [0.2, 0.25) is 0 Å². The van der Waals surface area contributed by atoms with Gasteiger partial charge in [-0.1, -0.05) is 37.3 Å². The zero-order chi connectivity index (χ0) is 20.1. The van der Waals surface area contributed by atoms with E-state index >= 15 is 0 Å². The Labute approximate surface area is 168 Å². The number of esters is 1. The lowest BCUT2D eigenvalue weighted by atomic mass is 10.2. The van der Waals surface area contributed by atoms with Gasteiger partial charge >= 0.3 is 5.97 Å². The maximum atomic E-state index is 11.6.